The van der Waals surface area contributed by atoms with E-state index in [2.05, 4.69) is 5.32 Å². The fourth-order valence-corrected chi connectivity index (χ4v) is 2.27. The van der Waals surface area contributed by atoms with Crippen LogP contribution in [0.1, 0.15) is 5.56 Å². The molecular weight excluding hydrogens is 312 g/mol. The summed E-state index contributed by atoms with van der Waals surface area (Å²) in [6.07, 6.45) is 0. The van der Waals surface area contributed by atoms with Crippen LogP contribution in [0.5, 0.6) is 5.75 Å². The van der Waals surface area contributed by atoms with E-state index >= 15 is 0 Å². The molecule has 0 aromatic heterocycles. The fraction of sp³-hybridized carbons (Fsp3) is 0.0769. The predicted molar refractivity (Wildman–Crippen MR) is 76.9 cm³/mol. The first-order valence-corrected chi connectivity index (χ1v) is 6.46. The van der Waals surface area contributed by atoms with E-state index in [4.69, 9.17) is 34.8 Å². The van der Waals surface area contributed by atoms with Crippen molar-refractivity contribution in [3.8, 4) is 5.75 Å². The third-order valence-electron chi connectivity index (χ3n) is 2.51. The van der Waals surface area contributed by atoms with Crippen molar-refractivity contribution in [3.05, 3.63) is 56.8 Å². The number of halogens is 4. The fourth-order valence-electron chi connectivity index (χ4n) is 1.56. The summed E-state index contributed by atoms with van der Waals surface area (Å²) in [6.45, 7) is 0.286. The van der Waals surface area contributed by atoms with Crippen LogP contribution in [0.15, 0.2) is 30.3 Å². The minimum Gasteiger partial charge on any atom is -0.506 e. The van der Waals surface area contributed by atoms with E-state index in [9.17, 15) is 9.50 Å². The van der Waals surface area contributed by atoms with Gasteiger partial charge in [0.15, 0.2) is 0 Å². The number of aromatic hydroxyl groups is 1. The first-order valence-electron chi connectivity index (χ1n) is 5.33. The molecule has 0 saturated heterocycles. The molecule has 0 aliphatic carbocycles. The van der Waals surface area contributed by atoms with Crippen LogP contribution in [0.2, 0.25) is 15.1 Å². The van der Waals surface area contributed by atoms with Gasteiger partial charge in [-0.05, 0) is 30.3 Å². The molecule has 0 radical (unpaired) electrons. The molecule has 2 aromatic rings. The van der Waals surface area contributed by atoms with Gasteiger partial charge in [0.25, 0.3) is 0 Å². The summed E-state index contributed by atoms with van der Waals surface area (Å²) in [7, 11) is 0. The van der Waals surface area contributed by atoms with Crippen LogP contribution < -0.4 is 5.32 Å². The number of phenolic OH excluding ortho intramolecular Hbond substituents is 1. The Morgan fingerprint density at radius 1 is 1.05 bits per heavy atom. The lowest BCUT2D eigenvalue weighted by atomic mass is 10.2. The molecule has 2 N–H and O–H groups in total. The second-order valence-electron chi connectivity index (χ2n) is 3.88. The minimum absolute atomic E-state index is 0.0262. The largest absolute Gasteiger partial charge is 0.506 e. The van der Waals surface area contributed by atoms with E-state index in [-0.39, 0.29) is 22.3 Å². The molecule has 2 aromatic carbocycles. The van der Waals surface area contributed by atoms with E-state index in [0.717, 1.165) is 0 Å². The quantitative estimate of drug-likeness (QED) is 0.824. The Bertz CT molecular complexity index is 619. The van der Waals surface area contributed by atoms with Gasteiger partial charge in [-0.3, -0.25) is 0 Å². The summed E-state index contributed by atoms with van der Waals surface area (Å²) in [5, 5.41) is 13.4. The zero-order valence-corrected chi connectivity index (χ0v) is 11.8. The van der Waals surface area contributed by atoms with Gasteiger partial charge in [-0.25, -0.2) is 4.39 Å². The zero-order valence-electron chi connectivity index (χ0n) is 9.55. The van der Waals surface area contributed by atoms with Crippen LogP contribution in [0.25, 0.3) is 0 Å². The molecule has 2 rings (SSSR count). The standard InChI is InChI=1S/C13H9Cl3FNO/c14-8-3-7(13(19)11(16)4-8)6-18-9-1-2-12(17)10(15)5-9/h1-5,18-19H,6H2. The van der Waals surface area contributed by atoms with Crippen molar-refractivity contribution in [1.29, 1.82) is 0 Å². The van der Waals surface area contributed by atoms with Crippen molar-refractivity contribution in [2.45, 2.75) is 6.54 Å². The molecule has 19 heavy (non-hydrogen) atoms. The van der Waals surface area contributed by atoms with Crippen LogP contribution in [0, 0.1) is 5.82 Å². The molecule has 0 heterocycles. The van der Waals surface area contributed by atoms with Crippen molar-refractivity contribution in [2.24, 2.45) is 0 Å². The molecule has 0 unspecified atom stereocenters. The highest BCUT2D eigenvalue weighted by Gasteiger charge is 2.08. The van der Waals surface area contributed by atoms with Gasteiger partial charge in [0, 0.05) is 22.8 Å². The summed E-state index contributed by atoms with van der Waals surface area (Å²) in [6, 6.07) is 7.32. The molecule has 0 amide bonds. The number of phenols is 1. The Labute approximate surface area is 124 Å². The summed E-state index contributed by atoms with van der Waals surface area (Å²) in [4.78, 5) is 0. The van der Waals surface area contributed by atoms with Crippen molar-refractivity contribution in [3.63, 3.8) is 0 Å². The second-order valence-corrected chi connectivity index (χ2v) is 5.13. The molecule has 0 aliphatic rings. The zero-order chi connectivity index (χ0) is 14.0. The number of hydrogen-bond acceptors (Lipinski definition) is 2. The van der Waals surface area contributed by atoms with E-state index in [1.54, 1.807) is 12.1 Å². The number of hydrogen-bond donors (Lipinski definition) is 2. The number of anilines is 1. The van der Waals surface area contributed by atoms with Gasteiger partial charge in [0.1, 0.15) is 11.6 Å². The van der Waals surface area contributed by atoms with Gasteiger partial charge >= 0.3 is 0 Å². The van der Waals surface area contributed by atoms with Crippen LogP contribution in [-0.2, 0) is 6.54 Å². The van der Waals surface area contributed by atoms with E-state index in [1.807, 2.05) is 0 Å². The monoisotopic (exact) mass is 319 g/mol. The van der Waals surface area contributed by atoms with Crippen LogP contribution in [0.4, 0.5) is 10.1 Å². The van der Waals surface area contributed by atoms with E-state index in [1.165, 1.54) is 18.2 Å². The topological polar surface area (TPSA) is 32.3 Å². The summed E-state index contributed by atoms with van der Waals surface area (Å²) < 4.78 is 13.0. The average Bonchev–Trinajstić information content (AvgIpc) is 2.36. The normalized spacial score (nSPS) is 10.5. The van der Waals surface area contributed by atoms with Gasteiger partial charge in [-0.1, -0.05) is 34.8 Å². The number of benzene rings is 2. The van der Waals surface area contributed by atoms with Crippen molar-refractivity contribution in [1.82, 2.24) is 0 Å². The Morgan fingerprint density at radius 2 is 1.79 bits per heavy atom. The van der Waals surface area contributed by atoms with Crippen molar-refractivity contribution >= 4 is 40.5 Å². The Morgan fingerprint density at radius 3 is 2.47 bits per heavy atom. The molecule has 100 valence electrons. The predicted octanol–water partition coefficient (Wildman–Crippen LogP) is 5.10. The smallest absolute Gasteiger partial charge is 0.141 e. The lowest BCUT2D eigenvalue weighted by Gasteiger charge is -2.10. The number of rotatable bonds is 3. The van der Waals surface area contributed by atoms with Gasteiger partial charge in [0.2, 0.25) is 0 Å². The minimum atomic E-state index is -0.485. The van der Waals surface area contributed by atoms with Crippen LogP contribution >= 0.6 is 34.8 Å². The Hall–Kier alpha value is -1.16. The van der Waals surface area contributed by atoms with Crippen molar-refractivity contribution < 1.29 is 9.50 Å². The molecule has 0 aliphatic heterocycles. The van der Waals surface area contributed by atoms with Gasteiger partial charge in [0.05, 0.1) is 10.0 Å². The van der Waals surface area contributed by atoms with Gasteiger partial charge in [-0.2, -0.15) is 0 Å². The molecule has 0 saturated carbocycles. The van der Waals surface area contributed by atoms with Crippen LogP contribution in [0.3, 0.4) is 0 Å². The Kier molecular flexibility index (Phi) is 4.40. The summed E-state index contributed by atoms with van der Waals surface area (Å²) in [5.41, 5.74) is 1.17. The van der Waals surface area contributed by atoms with Crippen LogP contribution in [-0.4, -0.2) is 5.11 Å². The first kappa shape index (κ1) is 14.3. The number of nitrogens with one attached hydrogen (secondary N) is 1. The molecular formula is C13H9Cl3FNO. The Balaban J connectivity index is 2.16. The maximum absolute atomic E-state index is 13.0. The lowest BCUT2D eigenvalue weighted by Crippen LogP contribution is -2.00. The highest BCUT2D eigenvalue weighted by Crippen LogP contribution is 2.31. The van der Waals surface area contributed by atoms with Gasteiger partial charge in [-0.15, -0.1) is 0 Å². The van der Waals surface area contributed by atoms with E-state index in [0.29, 0.717) is 16.3 Å². The molecule has 0 fully saturated rings. The molecule has 2 nitrogen and oxygen atoms in total. The average molecular weight is 321 g/mol. The molecule has 0 spiro atoms. The maximum Gasteiger partial charge on any atom is 0.141 e. The highest BCUT2D eigenvalue weighted by atomic mass is 35.5. The van der Waals surface area contributed by atoms with E-state index < -0.39 is 5.82 Å². The highest BCUT2D eigenvalue weighted by molar-refractivity contribution is 6.35. The summed E-state index contributed by atoms with van der Waals surface area (Å²) >= 11 is 17.3. The van der Waals surface area contributed by atoms with Crippen molar-refractivity contribution in [2.75, 3.05) is 5.32 Å². The maximum atomic E-state index is 13.0. The first-order chi connectivity index (χ1) is 8.97. The lowest BCUT2D eigenvalue weighted by molar-refractivity contribution is 0.469. The molecule has 6 heteroatoms. The molecule has 0 atom stereocenters. The third kappa shape index (κ3) is 3.44. The SMILES string of the molecule is Oc1c(Cl)cc(Cl)cc1CNc1ccc(F)c(Cl)c1. The second kappa shape index (κ2) is 5.87. The molecule has 0 bridgehead atoms. The van der Waals surface area contributed by atoms with Gasteiger partial charge < -0.3 is 10.4 Å². The summed E-state index contributed by atoms with van der Waals surface area (Å²) in [5.74, 6) is -0.521. The third-order valence-corrected chi connectivity index (χ3v) is 3.31.